The van der Waals surface area contributed by atoms with Crippen LogP contribution in [0.1, 0.15) is 27.0 Å². The number of methoxy groups -OCH3 is 1. The Morgan fingerprint density at radius 1 is 1.13 bits per heavy atom. The molecule has 0 atom stereocenters. The first kappa shape index (κ1) is 16.5. The third-order valence-corrected chi connectivity index (χ3v) is 3.30. The fraction of sp³-hybridized carbons (Fsp3) is 0.222. The van der Waals surface area contributed by atoms with Crippen LogP contribution in [-0.4, -0.2) is 19.0 Å². The Hall–Kier alpha value is -2.82. The largest absolute Gasteiger partial charge is 0.465 e. The van der Waals surface area contributed by atoms with Crippen molar-refractivity contribution < 1.29 is 9.53 Å². The highest BCUT2D eigenvalue weighted by atomic mass is 16.5. The number of nitrogens with zero attached hydrogens (tertiary/aromatic N) is 1. The molecule has 0 bridgehead atoms. The zero-order chi connectivity index (χ0) is 16.8. The van der Waals surface area contributed by atoms with Gasteiger partial charge < -0.3 is 15.8 Å². The Kier molecular flexibility index (Phi) is 5.36. The number of guanidine groups is 1. The molecule has 0 aliphatic heterocycles. The molecule has 3 N–H and O–H groups in total. The molecular formula is C18H21N3O2. The quantitative estimate of drug-likeness (QED) is 0.517. The molecule has 0 fully saturated rings. The van der Waals surface area contributed by atoms with Crippen molar-refractivity contribution in [2.75, 3.05) is 12.4 Å². The second kappa shape index (κ2) is 7.45. The van der Waals surface area contributed by atoms with Gasteiger partial charge in [-0.15, -0.1) is 0 Å². The average molecular weight is 311 g/mol. The minimum absolute atomic E-state index is 0.351. The van der Waals surface area contributed by atoms with E-state index in [4.69, 9.17) is 5.73 Å². The van der Waals surface area contributed by atoms with E-state index in [1.807, 2.05) is 38.1 Å². The predicted octanol–water partition coefficient (Wildman–Crippen LogP) is 3.02. The zero-order valence-electron chi connectivity index (χ0n) is 13.6. The van der Waals surface area contributed by atoms with Crippen LogP contribution in [0.15, 0.2) is 47.5 Å². The number of benzene rings is 2. The smallest absolute Gasteiger partial charge is 0.337 e. The molecule has 0 saturated carbocycles. The number of hydrogen-bond acceptors (Lipinski definition) is 3. The standard InChI is InChI=1S/C18H21N3O2/c1-12-8-13(2)10-16(9-12)21-18(19)20-11-14-4-6-15(7-5-14)17(22)23-3/h4-10H,11H2,1-3H3,(H3,19,20,21). The fourth-order valence-corrected chi connectivity index (χ4v) is 2.27. The molecule has 0 aromatic heterocycles. The Labute approximate surface area is 136 Å². The number of rotatable bonds is 4. The second-order valence-corrected chi connectivity index (χ2v) is 5.39. The van der Waals surface area contributed by atoms with E-state index in [1.165, 1.54) is 18.2 Å². The number of nitrogens with two attached hydrogens (primary N) is 1. The Bertz CT molecular complexity index is 701. The lowest BCUT2D eigenvalue weighted by Gasteiger charge is -2.08. The molecule has 23 heavy (non-hydrogen) atoms. The first-order valence-electron chi connectivity index (χ1n) is 7.30. The predicted molar refractivity (Wildman–Crippen MR) is 92.6 cm³/mol. The van der Waals surface area contributed by atoms with Gasteiger partial charge in [0.1, 0.15) is 0 Å². The van der Waals surface area contributed by atoms with Crippen LogP contribution in [0.25, 0.3) is 0 Å². The van der Waals surface area contributed by atoms with Gasteiger partial charge in [-0.1, -0.05) is 18.2 Å². The summed E-state index contributed by atoms with van der Waals surface area (Å²) in [4.78, 5) is 15.7. The summed E-state index contributed by atoms with van der Waals surface area (Å²) in [5.41, 5.74) is 10.6. The molecule has 0 aliphatic rings. The van der Waals surface area contributed by atoms with Crippen molar-refractivity contribution in [3.8, 4) is 0 Å². The van der Waals surface area contributed by atoms with Gasteiger partial charge in [0, 0.05) is 5.69 Å². The highest BCUT2D eigenvalue weighted by molar-refractivity contribution is 5.92. The number of aliphatic imine (C=N–C) groups is 1. The highest BCUT2D eigenvalue weighted by Crippen LogP contribution is 2.13. The molecule has 5 heteroatoms. The molecule has 0 amide bonds. The highest BCUT2D eigenvalue weighted by Gasteiger charge is 2.04. The number of hydrogen-bond donors (Lipinski definition) is 2. The van der Waals surface area contributed by atoms with Gasteiger partial charge in [-0.25, -0.2) is 9.79 Å². The van der Waals surface area contributed by atoms with E-state index in [0.717, 1.165) is 11.3 Å². The molecule has 0 unspecified atom stereocenters. The normalized spacial score (nSPS) is 11.2. The maximum absolute atomic E-state index is 11.4. The molecule has 2 rings (SSSR count). The molecule has 2 aromatic rings. The van der Waals surface area contributed by atoms with Gasteiger partial charge in [0.25, 0.3) is 0 Å². The van der Waals surface area contributed by atoms with Gasteiger partial charge in [-0.05, 0) is 54.8 Å². The zero-order valence-corrected chi connectivity index (χ0v) is 13.6. The van der Waals surface area contributed by atoms with E-state index in [9.17, 15) is 4.79 Å². The number of ether oxygens (including phenoxy) is 1. The number of nitrogens with one attached hydrogen (secondary N) is 1. The van der Waals surface area contributed by atoms with Crippen molar-refractivity contribution in [3.63, 3.8) is 0 Å². The van der Waals surface area contributed by atoms with Gasteiger partial charge in [-0.3, -0.25) is 0 Å². The first-order valence-corrected chi connectivity index (χ1v) is 7.30. The topological polar surface area (TPSA) is 76.7 Å². The van der Waals surface area contributed by atoms with Crippen LogP contribution >= 0.6 is 0 Å². The molecule has 2 aromatic carbocycles. The Morgan fingerprint density at radius 2 is 1.74 bits per heavy atom. The van der Waals surface area contributed by atoms with E-state index >= 15 is 0 Å². The van der Waals surface area contributed by atoms with Gasteiger partial charge in [0.05, 0.1) is 19.2 Å². The van der Waals surface area contributed by atoms with Crippen molar-refractivity contribution in [1.82, 2.24) is 0 Å². The van der Waals surface area contributed by atoms with Crippen molar-refractivity contribution in [2.24, 2.45) is 10.7 Å². The summed E-state index contributed by atoms with van der Waals surface area (Å²) in [5.74, 6) is 0.00286. The van der Waals surface area contributed by atoms with Crippen LogP contribution in [-0.2, 0) is 11.3 Å². The van der Waals surface area contributed by atoms with E-state index < -0.39 is 0 Å². The first-order chi connectivity index (χ1) is 11.0. The van der Waals surface area contributed by atoms with Gasteiger partial charge in [0.2, 0.25) is 0 Å². The third-order valence-electron chi connectivity index (χ3n) is 3.30. The molecule has 0 heterocycles. The second-order valence-electron chi connectivity index (χ2n) is 5.39. The van der Waals surface area contributed by atoms with Crippen molar-refractivity contribution in [1.29, 1.82) is 0 Å². The molecule has 0 spiro atoms. The third kappa shape index (κ3) is 4.85. The number of anilines is 1. The van der Waals surface area contributed by atoms with E-state index in [0.29, 0.717) is 18.1 Å². The molecule has 5 nitrogen and oxygen atoms in total. The summed E-state index contributed by atoms with van der Waals surface area (Å²) in [6.07, 6.45) is 0. The minimum Gasteiger partial charge on any atom is -0.465 e. The van der Waals surface area contributed by atoms with Crippen LogP contribution in [0.2, 0.25) is 0 Å². The Morgan fingerprint density at radius 3 is 2.30 bits per heavy atom. The van der Waals surface area contributed by atoms with E-state index in [-0.39, 0.29) is 5.97 Å². The monoisotopic (exact) mass is 311 g/mol. The average Bonchev–Trinajstić information content (AvgIpc) is 2.51. The van der Waals surface area contributed by atoms with E-state index in [2.05, 4.69) is 21.1 Å². The van der Waals surface area contributed by atoms with Crippen LogP contribution in [0.3, 0.4) is 0 Å². The number of aryl methyl sites for hydroxylation is 2. The van der Waals surface area contributed by atoms with Crippen LogP contribution in [0.4, 0.5) is 5.69 Å². The summed E-state index contributed by atoms with van der Waals surface area (Å²) in [5, 5.41) is 3.09. The lowest BCUT2D eigenvalue weighted by atomic mass is 10.1. The van der Waals surface area contributed by atoms with Crippen LogP contribution in [0.5, 0.6) is 0 Å². The van der Waals surface area contributed by atoms with Crippen molar-refractivity contribution >= 4 is 17.6 Å². The summed E-state index contributed by atoms with van der Waals surface area (Å²) < 4.78 is 4.66. The minimum atomic E-state index is -0.351. The molecule has 0 radical (unpaired) electrons. The molecular weight excluding hydrogens is 290 g/mol. The number of carbonyl (C=O) groups is 1. The lowest BCUT2D eigenvalue weighted by molar-refractivity contribution is 0.0600. The number of carbonyl (C=O) groups excluding carboxylic acids is 1. The SMILES string of the molecule is COC(=O)c1ccc(CN=C(N)Nc2cc(C)cc(C)c2)cc1. The summed E-state index contributed by atoms with van der Waals surface area (Å²) in [7, 11) is 1.36. The van der Waals surface area contributed by atoms with Gasteiger partial charge in [-0.2, -0.15) is 0 Å². The fourth-order valence-electron chi connectivity index (χ4n) is 2.27. The lowest BCUT2D eigenvalue weighted by Crippen LogP contribution is -2.22. The summed E-state index contributed by atoms with van der Waals surface area (Å²) in [6.45, 7) is 4.51. The maximum Gasteiger partial charge on any atom is 0.337 e. The van der Waals surface area contributed by atoms with Crippen molar-refractivity contribution in [2.45, 2.75) is 20.4 Å². The maximum atomic E-state index is 11.4. The molecule has 120 valence electrons. The van der Waals surface area contributed by atoms with Crippen LogP contribution < -0.4 is 11.1 Å². The van der Waals surface area contributed by atoms with Gasteiger partial charge in [0.15, 0.2) is 5.96 Å². The van der Waals surface area contributed by atoms with Gasteiger partial charge >= 0.3 is 5.97 Å². The number of esters is 1. The summed E-state index contributed by atoms with van der Waals surface area (Å²) >= 11 is 0. The molecule has 0 aliphatic carbocycles. The molecule has 0 saturated heterocycles. The van der Waals surface area contributed by atoms with Crippen LogP contribution in [0, 0.1) is 13.8 Å². The van der Waals surface area contributed by atoms with E-state index in [1.54, 1.807) is 12.1 Å². The summed E-state index contributed by atoms with van der Waals surface area (Å²) in [6, 6.07) is 13.2. The Balaban J connectivity index is 2.00. The van der Waals surface area contributed by atoms with Crippen molar-refractivity contribution in [3.05, 3.63) is 64.7 Å².